The van der Waals surface area contributed by atoms with Crippen LogP contribution in [0.2, 0.25) is 5.02 Å². The number of nitrogens with zero attached hydrogens (tertiary/aromatic N) is 6. The highest BCUT2D eigenvalue weighted by molar-refractivity contribution is 6.30. The van der Waals surface area contributed by atoms with Crippen molar-refractivity contribution in [3.05, 3.63) is 91.5 Å². The quantitative estimate of drug-likeness (QED) is 0.307. The lowest BCUT2D eigenvalue weighted by atomic mass is 9.82. The fourth-order valence-corrected chi connectivity index (χ4v) is 5.05. The minimum absolute atomic E-state index is 0.0249. The monoisotopic (exact) mass is 580 g/mol. The lowest BCUT2D eigenvalue weighted by Gasteiger charge is -2.22. The van der Waals surface area contributed by atoms with E-state index < -0.39 is 17.7 Å². The van der Waals surface area contributed by atoms with E-state index in [-0.39, 0.29) is 68.4 Å². The summed E-state index contributed by atoms with van der Waals surface area (Å²) in [5.74, 6) is -3.42. The first-order valence-corrected chi connectivity index (χ1v) is 12.7. The standard InChI is InChI=1S/C28H26ClFN6O5/c1-14(2)24-22(23(27(38)39)34-36(24)21-12-32-28(41-5)33-25(21)40-4)19(18-7-6-15(11-31)8-20(18)30)10-16-9-17(29)13-35(3)26(16)37/h6-9,12-14,19H,10H2,1-5H3,(H,38,39). The van der Waals surface area contributed by atoms with Crippen LogP contribution in [0.25, 0.3) is 5.69 Å². The molecule has 0 aliphatic rings. The third kappa shape index (κ3) is 5.62. The number of hydrogen-bond acceptors (Lipinski definition) is 8. The molecule has 0 spiro atoms. The lowest BCUT2D eigenvalue weighted by molar-refractivity contribution is 0.0688. The highest BCUT2D eigenvalue weighted by Crippen LogP contribution is 2.39. The van der Waals surface area contributed by atoms with E-state index >= 15 is 4.39 Å². The van der Waals surface area contributed by atoms with Gasteiger partial charge >= 0.3 is 12.0 Å². The van der Waals surface area contributed by atoms with Gasteiger partial charge in [0.05, 0.1) is 42.8 Å². The summed E-state index contributed by atoms with van der Waals surface area (Å²) >= 11 is 6.26. The van der Waals surface area contributed by atoms with Crippen LogP contribution in [-0.2, 0) is 13.5 Å². The van der Waals surface area contributed by atoms with Gasteiger partial charge in [-0.3, -0.25) is 4.79 Å². The van der Waals surface area contributed by atoms with Gasteiger partial charge in [-0.25, -0.2) is 18.9 Å². The van der Waals surface area contributed by atoms with Gasteiger partial charge in [-0.15, -0.1) is 0 Å². The van der Waals surface area contributed by atoms with Gasteiger partial charge in [-0.1, -0.05) is 31.5 Å². The number of halogens is 2. The molecule has 1 N–H and O–H groups in total. The summed E-state index contributed by atoms with van der Waals surface area (Å²) in [6.45, 7) is 3.65. The number of rotatable bonds is 9. The van der Waals surface area contributed by atoms with E-state index in [0.29, 0.717) is 5.69 Å². The molecule has 0 aliphatic heterocycles. The number of aromatic carboxylic acids is 1. The zero-order valence-corrected chi connectivity index (χ0v) is 23.6. The van der Waals surface area contributed by atoms with Crippen molar-refractivity contribution >= 4 is 17.6 Å². The number of carboxylic acid groups (broad SMARTS) is 1. The van der Waals surface area contributed by atoms with Crippen molar-refractivity contribution in [2.24, 2.45) is 7.05 Å². The van der Waals surface area contributed by atoms with Gasteiger partial charge in [-0.05, 0) is 36.1 Å². The van der Waals surface area contributed by atoms with Gasteiger partial charge in [0.2, 0.25) is 5.88 Å². The zero-order valence-electron chi connectivity index (χ0n) is 22.8. The van der Waals surface area contributed by atoms with Crippen LogP contribution >= 0.6 is 11.6 Å². The van der Waals surface area contributed by atoms with Crippen molar-refractivity contribution in [1.82, 2.24) is 24.3 Å². The smallest absolute Gasteiger partial charge is 0.356 e. The first kappa shape index (κ1) is 29.2. The predicted octanol–water partition coefficient (Wildman–Crippen LogP) is 4.24. The number of methoxy groups -OCH3 is 2. The fraction of sp³-hybridized carbons (Fsp3) is 0.286. The average molecular weight is 581 g/mol. The Morgan fingerprint density at radius 2 is 1.98 bits per heavy atom. The van der Waals surface area contributed by atoms with E-state index in [1.165, 1.54) is 61.1 Å². The van der Waals surface area contributed by atoms with Crippen LogP contribution in [0.3, 0.4) is 0 Å². The Bertz CT molecular complexity index is 1740. The summed E-state index contributed by atoms with van der Waals surface area (Å²) in [4.78, 5) is 34.1. The molecular formula is C28H26ClFN6O5. The van der Waals surface area contributed by atoms with Crippen LogP contribution in [0.1, 0.15) is 64.1 Å². The van der Waals surface area contributed by atoms with Crippen LogP contribution in [0.15, 0.2) is 41.5 Å². The van der Waals surface area contributed by atoms with Crippen LogP contribution < -0.4 is 15.0 Å². The number of aryl methyl sites for hydroxylation is 1. The third-order valence-corrected chi connectivity index (χ3v) is 6.73. The molecule has 13 heteroatoms. The van der Waals surface area contributed by atoms with Gasteiger partial charge < -0.3 is 19.1 Å². The van der Waals surface area contributed by atoms with Crippen LogP contribution in [0.4, 0.5) is 4.39 Å². The first-order chi connectivity index (χ1) is 19.5. The molecule has 1 atom stereocenters. The summed E-state index contributed by atoms with van der Waals surface area (Å²) in [6, 6.07) is 7.31. The van der Waals surface area contributed by atoms with Gasteiger partial charge in [-0.2, -0.15) is 15.3 Å². The van der Waals surface area contributed by atoms with Gasteiger partial charge in [0.1, 0.15) is 11.5 Å². The molecule has 11 nitrogen and oxygen atoms in total. The second-order valence-corrected chi connectivity index (χ2v) is 9.91. The minimum atomic E-state index is -1.37. The molecule has 0 saturated heterocycles. The molecule has 1 unspecified atom stereocenters. The van der Waals surface area contributed by atoms with E-state index in [0.717, 1.165) is 6.07 Å². The van der Waals surface area contributed by atoms with Crippen molar-refractivity contribution in [2.75, 3.05) is 14.2 Å². The summed E-state index contributed by atoms with van der Waals surface area (Å²) in [5, 5.41) is 24.3. The highest BCUT2D eigenvalue weighted by atomic mass is 35.5. The Morgan fingerprint density at radius 1 is 1.24 bits per heavy atom. The Kier molecular flexibility index (Phi) is 8.39. The maximum absolute atomic E-state index is 15.6. The molecular weight excluding hydrogens is 555 g/mol. The molecule has 1 aromatic carbocycles. The van der Waals surface area contributed by atoms with Crippen molar-refractivity contribution < 1.29 is 23.8 Å². The normalized spacial score (nSPS) is 11.8. The summed E-state index contributed by atoms with van der Waals surface area (Å²) in [5.41, 5.74) is 0.461. The Morgan fingerprint density at radius 3 is 2.56 bits per heavy atom. The molecule has 0 aliphatic carbocycles. The molecule has 41 heavy (non-hydrogen) atoms. The summed E-state index contributed by atoms with van der Waals surface area (Å²) < 4.78 is 28.8. The molecule has 0 saturated carbocycles. The van der Waals surface area contributed by atoms with Gasteiger partial charge in [0.25, 0.3) is 5.56 Å². The van der Waals surface area contributed by atoms with E-state index in [2.05, 4.69) is 15.1 Å². The molecule has 0 radical (unpaired) electrons. The van der Waals surface area contributed by atoms with E-state index in [1.54, 1.807) is 0 Å². The maximum atomic E-state index is 15.6. The number of aromatic nitrogens is 5. The first-order valence-electron chi connectivity index (χ1n) is 12.4. The number of ether oxygens (including phenoxy) is 2. The zero-order chi connectivity index (χ0) is 30.0. The fourth-order valence-electron chi connectivity index (χ4n) is 4.77. The largest absolute Gasteiger partial charge is 0.479 e. The van der Waals surface area contributed by atoms with E-state index in [1.807, 2.05) is 19.9 Å². The molecule has 4 aromatic rings. The van der Waals surface area contributed by atoms with E-state index in [9.17, 15) is 20.0 Å². The van der Waals surface area contributed by atoms with Crippen LogP contribution in [0, 0.1) is 17.1 Å². The Hall–Kier alpha value is -4.76. The molecule has 0 bridgehead atoms. The maximum Gasteiger partial charge on any atom is 0.356 e. The van der Waals surface area contributed by atoms with Crippen LogP contribution in [-0.4, -0.2) is 49.6 Å². The molecule has 3 aromatic heterocycles. The third-order valence-electron chi connectivity index (χ3n) is 6.53. The topological polar surface area (TPSA) is 145 Å². The lowest BCUT2D eigenvalue weighted by Crippen LogP contribution is -2.23. The summed E-state index contributed by atoms with van der Waals surface area (Å²) in [6.07, 6.45) is 2.71. The Balaban J connectivity index is 2.09. The molecule has 212 valence electrons. The minimum Gasteiger partial charge on any atom is -0.479 e. The molecule has 0 amide bonds. The van der Waals surface area contributed by atoms with Gasteiger partial charge in [0.15, 0.2) is 5.69 Å². The van der Waals surface area contributed by atoms with Crippen LogP contribution in [0.5, 0.6) is 11.9 Å². The van der Waals surface area contributed by atoms with Gasteiger partial charge in [0, 0.05) is 30.3 Å². The average Bonchev–Trinajstić information content (AvgIpc) is 3.34. The predicted molar refractivity (Wildman–Crippen MR) is 147 cm³/mol. The molecule has 4 rings (SSSR count). The second-order valence-electron chi connectivity index (χ2n) is 9.47. The second kappa shape index (κ2) is 11.8. The van der Waals surface area contributed by atoms with Crippen molar-refractivity contribution in [1.29, 1.82) is 5.26 Å². The number of carbonyl (C=O) groups is 1. The summed E-state index contributed by atoms with van der Waals surface area (Å²) in [7, 11) is 4.30. The Labute approximate surface area is 239 Å². The van der Waals surface area contributed by atoms with Crippen molar-refractivity contribution in [3.63, 3.8) is 0 Å². The number of nitriles is 1. The number of benzene rings is 1. The van der Waals surface area contributed by atoms with E-state index in [4.69, 9.17) is 21.1 Å². The van der Waals surface area contributed by atoms with Crippen molar-refractivity contribution in [3.8, 4) is 23.6 Å². The molecule has 3 heterocycles. The molecule has 0 fully saturated rings. The number of carboxylic acids is 1. The number of hydrogen-bond donors (Lipinski definition) is 1. The number of pyridine rings is 1. The van der Waals surface area contributed by atoms with Crippen molar-refractivity contribution in [2.45, 2.75) is 32.1 Å². The SMILES string of the molecule is COc1ncc(-n2nc(C(=O)O)c(C(Cc3cc(Cl)cn(C)c3=O)c3ccc(C#N)cc3F)c2C(C)C)c(OC)n1. The highest BCUT2D eigenvalue weighted by Gasteiger charge is 2.34.